The van der Waals surface area contributed by atoms with Crippen LogP contribution in [-0.4, -0.2) is 96.5 Å². The number of hydrogen-bond donors (Lipinski definition) is 2. The van der Waals surface area contributed by atoms with E-state index in [0.29, 0.717) is 23.9 Å². The molecule has 5 aliphatic rings. The number of nitrogens with zero attached hydrogens (tertiary/aromatic N) is 7. The molecular formula is C25H44CoN7O2-. The van der Waals surface area contributed by atoms with Crippen LogP contribution in [-0.2, 0) is 16.8 Å². The molecule has 8 atom stereocenters. The summed E-state index contributed by atoms with van der Waals surface area (Å²) in [7, 11) is 6.18. The van der Waals surface area contributed by atoms with Crippen LogP contribution in [0.1, 0.15) is 58.8 Å². The Morgan fingerprint density at radius 2 is 1.20 bits per heavy atom. The maximum absolute atomic E-state index is 7.00. The number of hydrogen-bond acceptors (Lipinski definition) is 6. The molecule has 10 heteroatoms. The quantitative estimate of drug-likeness (QED) is 0.463. The summed E-state index contributed by atoms with van der Waals surface area (Å²) in [6.07, 6.45) is 12.9. The molecule has 0 spiro atoms. The molecule has 0 aromatic carbocycles. The number of fused-ring (bicyclic) bond motifs is 4. The van der Waals surface area contributed by atoms with E-state index in [1.54, 1.807) is 0 Å². The molecule has 4 aliphatic heterocycles. The van der Waals surface area contributed by atoms with Gasteiger partial charge in [-0.3, -0.25) is 0 Å². The Hall–Kier alpha value is -1.01. The average Bonchev–Trinajstić information content (AvgIpc) is 2.89. The Morgan fingerprint density at radius 3 is 1.71 bits per heavy atom. The minimum Gasteiger partial charge on any atom is -0.643 e. The number of aliphatic hydroxyl groups is 2. The molecule has 5 rings (SSSR count). The second-order valence-corrected chi connectivity index (χ2v) is 9.90. The molecule has 2 saturated heterocycles. The van der Waals surface area contributed by atoms with Crippen LogP contribution in [0.3, 0.4) is 0 Å². The molecule has 0 aromatic rings. The van der Waals surface area contributed by atoms with Crippen LogP contribution in [0.4, 0.5) is 0 Å². The van der Waals surface area contributed by atoms with Crippen molar-refractivity contribution in [2.24, 2.45) is 22.0 Å². The molecule has 9 nitrogen and oxygen atoms in total. The van der Waals surface area contributed by atoms with Crippen molar-refractivity contribution in [2.45, 2.75) is 95.3 Å². The summed E-state index contributed by atoms with van der Waals surface area (Å²) in [5.74, 6) is 1.37. The summed E-state index contributed by atoms with van der Waals surface area (Å²) >= 11 is 0. The van der Waals surface area contributed by atoms with E-state index >= 15 is 0 Å². The monoisotopic (exact) mass is 533 g/mol. The molecule has 1 radical (unpaired) electrons. The van der Waals surface area contributed by atoms with Gasteiger partial charge in [-0.15, -0.1) is 18.2 Å². The zero-order valence-electron chi connectivity index (χ0n) is 22.1. The summed E-state index contributed by atoms with van der Waals surface area (Å²) in [5.41, 5.74) is 2.11. The summed E-state index contributed by atoms with van der Waals surface area (Å²) in [6, 6.07) is 0.821. The Bertz CT molecular complexity index is 749. The number of piperidine rings is 2. The maximum atomic E-state index is 7.00. The topological polar surface area (TPSA) is 114 Å². The van der Waals surface area contributed by atoms with E-state index in [1.165, 1.54) is 25.7 Å². The van der Waals surface area contributed by atoms with Gasteiger partial charge in [0.25, 0.3) is 0 Å². The second-order valence-electron chi connectivity index (χ2n) is 9.90. The SMILES string of the molecule is CC1=NN(C)C2CCC3CCC4CCC([N-]C4C3[N-]2)N(C)N=C(C)C2CC=CC1[N-]2.CO.CO.[Co+2]. The summed E-state index contributed by atoms with van der Waals surface area (Å²) < 4.78 is 0. The molecule has 1 saturated carbocycles. The Balaban J connectivity index is 0.000000823. The largest absolute Gasteiger partial charge is 2.00 e. The zero-order valence-corrected chi connectivity index (χ0v) is 23.1. The Kier molecular flexibility index (Phi) is 12.1. The molecule has 3 fully saturated rings. The van der Waals surface area contributed by atoms with Gasteiger partial charge in [-0.1, -0.05) is 68.5 Å². The van der Waals surface area contributed by atoms with Gasteiger partial charge in [0.05, 0.1) is 0 Å². The first-order valence-electron chi connectivity index (χ1n) is 12.7. The van der Waals surface area contributed by atoms with Crippen molar-refractivity contribution in [1.82, 2.24) is 10.0 Å². The molecule has 0 aromatic heterocycles. The van der Waals surface area contributed by atoms with Gasteiger partial charge in [0.1, 0.15) is 0 Å². The fourth-order valence-electron chi connectivity index (χ4n) is 6.14. The molecule has 35 heavy (non-hydrogen) atoms. The summed E-state index contributed by atoms with van der Waals surface area (Å²) in [6.45, 7) is 4.21. The minimum absolute atomic E-state index is 0. The number of aliphatic hydroxyl groups excluding tert-OH is 2. The standard InChI is InChI=1S/C23H36N7.2CH4O.Co/c1-14-18-6-5-7-19(24-18)15(2)28-30(4)21-13-11-17-9-8-16-10-12-20(29(3)27-14)25-22(16)23(17)26-21;2*1-2;/h5-6,16-23H,7-13H2,1-4H3;2*2H,1H3;/q-3;;;+2. The maximum Gasteiger partial charge on any atom is 2.00 e. The molecule has 2 N–H and O–H groups in total. The molecule has 6 bridgehead atoms. The van der Waals surface area contributed by atoms with Crippen molar-refractivity contribution in [3.05, 3.63) is 28.1 Å². The van der Waals surface area contributed by atoms with Gasteiger partial charge < -0.3 is 36.2 Å². The van der Waals surface area contributed by atoms with Gasteiger partial charge in [0.2, 0.25) is 0 Å². The normalized spacial score (nSPS) is 38.2. The van der Waals surface area contributed by atoms with E-state index < -0.39 is 0 Å². The van der Waals surface area contributed by atoms with E-state index in [0.717, 1.165) is 44.9 Å². The van der Waals surface area contributed by atoms with E-state index in [1.807, 2.05) is 0 Å². The molecule has 4 heterocycles. The van der Waals surface area contributed by atoms with Crippen LogP contribution >= 0.6 is 0 Å². The fraction of sp³-hybridized carbons (Fsp3) is 0.840. The first kappa shape index (κ1) is 30.2. The first-order valence-corrected chi connectivity index (χ1v) is 12.7. The fourth-order valence-corrected chi connectivity index (χ4v) is 6.14. The van der Waals surface area contributed by atoms with Crippen LogP contribution in [0.25, 0.3) is 16.0 Å². The van der Waals surface area contributed by atoms with Crippen LogP contribution in [0.2, 0.25) is 0 Å². The van der Waals surface area contributed by atoms with Crippen LogP contribution in [0.15, 0.2) is 22.4 Å². The van der Waals surface area contributed by atoms with Crippen molar-refractivity contribution >= 4 is 11.4 Å². The van der Waals surface area contributed by atoms with Crippen molar-refractivity contribution in [1.29, 1.82) is 0 Å². The van der Waals surface area contributed by atoms with E-state index in [4.69, 9.17) is 36.4 Å². The smallest absolute Gasteiger partial charge is 0.643 e. The van der Waals surface area contributed by atoms with E-state index in [2.05, 4.69) is 50.1 Å². The molecular weight excluding hydrogens is 489 g/mol. The molecule has 201 valence electrons. The number of rotatable bonds is 0. The van der Waals surface area contributed by atoms with E-state index in [9.17, 15) is 0 Å². The third kappa shape index (κ3) is 6.85. The number of hydrazone groups is 2. The third-order valence-electron chi connectivity index (χ3n) is 7.93. The Labute approximate surface area is 222 Å². The third-order valence-corrected chi connectivity index (χ3v) is 7.93. The molecule has 1 aliphatic carbocycles. The van der Waals surface area contributed by atoms with Crippen molar-refractivity contribution in [3.63, 3.8) is 0 Å². The van der Waals surface area contributed by atoms with Gasteiger partial charge in [-0.05, 0) is 32.6 Å². The predicted octanol–water partition coefficient (Wildman–Crippen LogP) is 3.65. The van der Waals surface area contributed by atoms with Crippen molar-refractivity contribution < 1.29 is 27.0 Å². The Morgan fingerprint density at radius 1 is 0.743 bits per heavy atom. The van der Waals surface area contributed by atoms with Crippen molar-refractivity contribution in [2.75, 3.05) is 28.3 Å². The van der Waals surface area contributed by atoms with E-state index in [-0.39, 0.29) is 41.2 Å². The van der Waals surface area contributed by atoms with Gasteiger partial charge in [0, 0.05) is 39.7 Å². The minimum atomic E-state index is 0. The summed E-state index contributed by atoms with van der Waals surface area (Å²) in [5, 5.41) is 43.9. The second kappa shape index (κ2) is 14.1. The van der Waals surface area contributed by atoms with Crippen LogP contribution in [0.5, 0.6) is 0 Å². The van der Waals surface area contributed by atoms with Gasteiger partial charge in [0.15, 0.2) is 0 Å². The first-order chi connectivity index (χ1) is 16.5. The van der Waals surface area contributed by atoms with Gasteiger partial charge >= 0.3 is 16.8 Å². The molecule has 0 amide bonds. The zero-order chi connectivity index (χ0) is 24.8. The average molecular weight is 534 g/mol. The van der Waals surface area contributed by atoms with Gasteiger partial charge in [-0.25, -0.2) is 0 Å². The summed E-state index contributed by atoms with van der Waals surface area (Å²) in [4.78, 5) is 0. The van der Waals surface area contributed by atoms with Crippen LogP contribution in [0, 0.1) is 11.8 Å². The van der Waals surface area contributed by atoms with Gasteiger partial charge in [-0.2, -0.15) is 10.2 Å². The predicted molar refractivity (Wildman–Crippen MR) is 139 cm³/mol. The van der Waals surface area contributed by atoms with Crippen molar-refractivity contribution in [3.8, 4) is 0 Å². The molecule has 8 unspecified atom stereocenters. The van der Waals surface area contributed by atoms with Crippen LogP contribution < -0.4 is 0 Å².